The van der Waals surface area contributed by atoms with E-state index in [-0.39, 0.29) is 10.2 Å². The normalized spacial score (nSPS) is 11.3. The molecule has 0 spiro atoms. The minimum Gasteiger partial charge on any atom is -0.507 e. The molecule has 0 fully saturated rings. The number of halogens is 3. The molecule has 122 valence electrons. The standard InChI is InChI=1S/C13H8BrF2NO5S/c14-8-4-12(10(16)5-9(8)15)23(21,22)17-6-1-2-7(13(19)20)11(18)3-6/h1-5,17-18H,(H,19,20). The van der Waals surface area contributed by atoms with Crippen molar-refractivity contribution in [3.63, 3.8) is 0 Å². The number of hydrogen-bond donors (Lipinski definition) is 3. The molecule has 0 atom stereocenters. The van der Waals surface area contributed by atoms with Crippen LogP contribution >= 0.6 is 15.9 Å². The molecule has 0 aliphatic carbocycles. The zero-order chi connectivity index (χ0) is 17.4. The van der Waals surface area contributed by atoms with Gasteiger partial charge in [0.2, 0.25) is 0 Å². The SMILES string of the molecule is O=C(O)c1ccc(NS(=O)(=O)c2cc(Br)c(F)cc2F)cc1O. The first-order valence-corrected chi connectivity index (χ1v) is 8.13. The Morgan fingerprint density at radius 3 is 2.35 bits per heavy atom. The van der Waals surface area contributed by atoms with E-state index in [4.69, 9.17) is 5.11 Å². The topological polar surface area (TPSA) is 104 Å². The summed E-state index contributed by atoms with van der Waals surface area (Å²) >= 11 is 2.76. The fraction of sp³-hybridized carbons (Fsp3) is 0. The average molecular weight is 408 g/mol. The van der Waals surface area contributed by atoms with Gasteiger partial charge in [-0.1, -0.05) is 0 Å². The number of carboxylic acid groups (broad SMARTS) is 1. The summed E-state index contributed by atoms with van der Waals surface area (Å²) in [4.78, 5) is 9.95. The van der Waals surface area contributed by atoms with Crippen LogP contribution < -0.4 is 4.72 Å². The molecule has 0 radical (unpaired) electrons. The fourth-order valence-electron chi connectivity index (χ4n) is 1.70. The Balaban J connectivity index is 2.41. The molecule has 0 aliphatic rings. The average Bonchev–Trinajstić information content (AvgIpc) is 2.41. The number of carbonyl (C=O) groups is 1. The zero-order valence-electron chi connectivity index (χ0n) is 11.0. The quantitative estimate of drug-likeness (QED) is 0.675. The van der Waals surface area contributed by atoms with E-state index in [1.54, 1.807) is 0 Å². The van der Waals surface area contributed by atoms with Crippen molar-refractivity contribution in [1.29, 1.82) is 0 Å². The lowest BCUT2D eigenvalue weighted by Crippen LogP contribution is -2.15. The van der Waals surface area contributed by atoms with E-state index in [1.807, 2.05) is 4.72 Å². The molecular formula is C13H8BrF2NO5S. The Labute approximate surface area is 137 Å². The van der Waals surface area contributed by atoms with Crippen LogP contribution in [0.1, 0.15) is 10.4 Å². The zero-order valence-corrected chi connectivity index (χ0v) is 13.5. The molecule has 0 saturated heterocycles. The number of carboxylic acids is 1. The van der Waals surface area contributed by atoms with Gasteiger partial charge in [-0.3, -0.25) is 4.72 Å². The maximum atomic E-state index is 13.7. The van der Waals surface area contributed by atoms with Gasteiger partial charge in [0.25, 0.3) is 10.0 Å². The van der Waals surface area contributed by atoms with E-state index in [0.717, 1.165) is 24.3 Å². The molecule has 2 aromatic rings. The molecule has 0 saturated carbocycles. The summed E-state index contributed by atoms with van der Waals surface area (Å²) in [6.07, 6.45) is 0. The van der Waals surface area contributed by atoms with Gasteiger partial charge in [-0.25, -0.2) is 22.0 Å². The lowest BCUT2D eigenvalue weighted by molar-refractivity contribution is 0.0694. The van der Waals surface area contributed by atoms with Crippen molar-refractivity contribution in [1.82, 2.24) is 0 Å². The maximum Gasteiger partial charge on any atom is 0.339 e. The maximum absolute atomic E-state index is 13.7. The number of aromatic carboxylic acids is 1. The lowest BCUT2D eigenvalue weighted by atomic mass is 10.2. The largest absolute Gasteiger partial charge is 0.507 e. The van der Waals surface area contributed by atoms with Crippen LogP contribution in [-0.2, 0) is 10.0 Å². The van der Waals surface area contributed by atoms with Gasteiger partial charge >= 0.3 is 5.97 Å². The number of hydrogen-bond acceptors (Lipinski definition) is 4. The summed E-state index contributed by atoms with van der Waals surface area (Å²) in [5.74, 6) is -4.33. The highest BCUT2D eigenvalue weighted by Gasteiger charge is 2.22. The predicted octanol–water partition coefficient (Wildman–Crippen LogP) is 2.93. The number of anilines is 1. The van der Waals surface area contributed by atoms with Crippen LogP contribution in [0.15, 0.2) is 39.7 Å². The Hall–Kier alpha value is -2.20. The third-order valence-electron chi connectivity index (χ3n) is 2.74. The van der Waals surface area contributed by atoms with Crippen molar-refractivity contribution in [2.24, 2.45) is 0 Å². The Bertz CT molecular complexity index is 901. The monoisotopic (exact) mass is 407 g/mol. The first kappa shape index (κ1) is 17.2. The number of aromatic hydroxyl groups is 1. The number of phenols is 1. The van der Waals surface area contributed by atoms with Gasteiger partial charge in [0.15, 0.2) is 0 Å². The minimum absolute atomic E-state index is 0.188. The fourth-order valence-corrected chi connectivity index (χ4v) is 3.33. The molecule has 6 nitrogen and oxygen atoms in total. The highest BCUT2D eigenvalue weighted by atomic mass is 79.9. The molecule has 0 aliphatic heterocycles. The highest BCUT2D eigenvalue weighted by molar-refractivity contribution is 9.10. The van der Waals surface area contributed by atoms with Crippen LogP contribution in [-0.4, -0.2) is 24.6 Å². The number of rotatable bonds is 4. The number of nitrogens with one attached hydrogen (secondary N) is 1. The second-order valence-electron chi connectivity index (χ2n) is 4.34. The van der Waals surface area contributed by atoms with E-state index in [0.29, 0.717) is 6.07 Å². The number of benzene rings is 2. The van der Waals surface area contributed by atoms with Crippen LogP contribution in [0.4, 0.5) is 14.5 Å². The molecule has 0 bridgehead atoms. The molecule has 23 heavy (non-hydrogen) atoms. The van der Waals surface area contributed by atoms with Crippen molar-refractivity contribution in [3.8, 4) is 5.75 Å². The molecular weight excluding hydrogens is 400 g/mol. The summed E-state index contributed by atoms with van der Waals surface area (Å²) in [6, 6.07) is 4.07. The number of sulfonamides is 1. The van der Waals surface area contributed by atoms with E-state index in [2.05, 4.69) is 15.9 Å². The van der Waals surface area contributed by atoms with E-state index in [1.165, 1.54) is 0 Å². The van der Waals surface area contributed by atoms with Gasteiger partial charge in [0.1, 0.15) is 27.8 Å². The van der Waals surface area contributed by atoms with E-state index in [9.17, 15) is 27.1 Å². The van der Waals surface area contributed by atoms with Crippen LogP contribution in [0.2, 0.25) is 0 Å². The summed E-state index contributed by atoms with van der Waals surface area (Å²) in [6.45, 7) is 0. The van der Waals surface area contributed by atoms with Gasteiger partial charge in [0.05, 0.1) is 10.2 Å². The van der Waals surface area contributed by atoms with Crippen LogP contribution in [0.25, 0.3) is 0 Å². The van der Waals surface area contributed by atoms with Crippen molar-refractivity contribution in [2.45, 2.75) is 4.90 Å². The molecule has 0 amide bonds. The van der Waals surface area contributed by atoms with E-state index >= 15 is 0 Å². The van der Waals surface area contributed by atoms with Gasteiger partial charge in [-0.2, -0.15) is 0 Å². The summed E-state index contributed by atoms with van der Waals surface area (Å²) in [5, 5.41) is 18.3. The minimum atomic E-state index is -4.41. The van der Waals surface area contributed by atoms with Crippen molar-refractivity contribution in [2.75, 3.05) is 4.72 Å². The van der Waals surface area contributed by atoms with Crippen LogP contribution in [0.5, 0.6) is 5.75 Å². The van der Waals surface area contributed by atoms with Crippen molar-refractivity contribution in [3.05, 3.63) is 52.0 Å². The lowest BCUT2D eigenvalue weighted by Gasteiger charge is -2.10. The second kappa shape index (κ2) is 6.13. The van der Waals surface area contributed by atoms with Crippen LogP contribution in [0, 0.1) is 11.6 Å². The second-order valence-corrected chi connectivity index (χ2v) is 6.84. The molecule has 2 rings (SSSR count). The Kier molecular flexibility index (Phi) is 4.57. The molecule has 10 heteroatoms. The smallest absolute Gasteiger partial charge is 0.339 e. The summed E-state index contributed by atoms with van der Waals surface area (Å²) < 4.78 is 52.8. The first-order chi connectivity index (χ1) is 10.6. The van der Waals surface area contributed by atoms with E-state index < -0.39 is 43.8 Å². The van der Waals surface area contributed by atoms with Gasteiger partial charge in [0, 0.05) is 12.1 Å². The van der Waals surface area contributed by atoms with Crippen LogP contribution in [0.3, 0.4) is 0 Å². The third-order valence-corrected chi connectivity index (χ3v) is 4.75. The summed E-state index contributed by atoms with van der Waals surface area (Å²) in [7, 11) is -4.41. The molecule has 3 N–H and O–H groups in total. The summed E-state index contributed by atoms with van der Waals surface area (Å²) in [5.41, 5.74) is -0.615. The molecule has 2 aromatic carbocycles. The Morgan fingerprint density at radius 1 is 1.13 bits per heavy atom. The van der Waals surface area contributed by atoms with Gasteiger partial charge < -0.3 is 10.2 Å². The Morgan fingerprint density at radius 2 is 1.78 bits per heavy atom. The first-order valence-electron chi connectivity index (χ1n) is 5.85. The molecule has 0 unspecified atom stereocenters. The van der Waals surface area contributed by atoms with Crippen molar-refractivity contribution < 1.29 is 32.2 Å². The highest BCUT2D eigenvalue weighted by Crippen LogP contribution is 2.27. The molecule has 0 heterocycles. The predicted molar refractivity (Wildman–Crippen MR) is 79.9 cm³/mol. The van der Waals surface area contributed by atoms with Crippen molar-refractivity contribution >= 4 is 37.6 Å². The molecule has 0 aromatic heterocycles. The third kappa shape index (κ3) is 3.59. The van der Waals surface area contributed by atoms with Gasteiger partial charge in [-0.15, -0.1) is 0 Å². The van der Waals surface area contributed by atoms with Gasteiger partial charge in [-0.05, 0) is 34.1 Å².